The molecule has 1 saturated heterocycles. The summed E-state index contributed by atoms with van der Waals surface area (Å²) in [5, 5.41) is 14.9. The van der Waals surface area contributed by atoms with Crippen LogP contribution < -0.4 is 15.0 Å². The molecule has 0 bridgehead atoms. The third-order valence-electron chi connectivity index (χ3n) is 7.04. The Bertz CT molecular complexity index is 1050. The predicted octanol–water partition coefficient (Wildman–Crippen LogP) is 5.91. The Balaban J connectivity index is 1.67. The maximum absolute atomic E-state index is 11.4. The molecule has 34 heavy (non-hydrogen) atoms. The number of ether oxygens (including phenoxy) is 1. The molecule has 3 unspecified atom stereocenters. The quantitative estimate of drug-likeness (QED) is 0.397. The molecule has 1 aliphatic heterocycles. The Morgan fingerprint density at radius 1 is 1.03 bits per heavy atom. The van der Waals surface area contributed by atoms with E-state index in [0.29, 0.717) is 5.92 Å². The maximum atomic E-state index is 11.4. The molecule has 0 aromatic heterocycles. The Morgan fingerprint density at radius 2 is 1.82 bits per heavy atom. The van der Waals surface area contributed by atoms with Crippen molar-refractivity contribution in [2.75, 3.05) is 32.1 Å². The SMILES string of the molecule is CCCc1ccc(OC)c(N(C)c2cccc(C(c3ccccc3)C(O)CC3CCNC3)c2)c1. The van der Waals surface area contributed by atoms with Gasteiger partial charge in [0.25, 0.3) is 0 Å². The Kier molecular flexibility index (Phi) is 8.25. The van der Waals surface area contributed by atoms with Crippen LogP contribution in [0.25, 0.3) is 0 Å². The highest BCUT2D eigenvalue weighted by molar-refractivity contribution is 5.70. The molecule has 3 aromatic rings. The third kappa shape index (κ3) is 5.63. The minimum Gasteiger partial charge on any atom is -0.495 e. The van der Waals surface area contributed by atoms with Gasteiger partial charge in [-0.15, -0.1) is 0 Å². The lowest BCUT2D eigenvalue weighted by Gasteiger charge is -2.28. The fraction of sp³-hybridized carbons (Fsp3) is 0.400. The van der Waals surface area contributed by atoms with E-state index in [9.17, 15) is 5.11 Å². The van der Waals surface area contributed by atoms with Crippen molar-refractivity contribution in [3.63, 3.8) is 0 Å². The molecule has 180 valence electrons. The topological polar surface area (TPSA) is 44.7 Å². The number of aryl methyl sites for hydroxylation is 1. The first-order valence-corrected chi connectivity index (χ1v) is 12.5. The van der Waals surface area contributed by atoms with Crippen molar-refractivity contribution in [1.82, 2.24) is 5.32 Å². The van der Waals surface area contributed by atoms with E-state index >= 15 is 0 Å². The molecule has 3 aromatic carbocycles. The molecular formula is C30H38N2O2. The summed E-state index contributed by atoms with van der Waals surface area (Å²) in [4.78, 5) is 2.19. The van der Waals surface area contributed by atoms with Gasteiger partial charge in [0.15, 0.2) is 0 Å². The van der Waals surface area contributed by atoms with Crippen LogP contribution >= 0.6 is 0 Å². The third-order valence-corrected chi connectivity index (χ3v) is 7.04. The van der Waals surface area contributed by atoms with Gasteiger partial charge in [0.05, 0.1) is 18.9 Å². The van der Waals surface area contributed by atoms with Crippen LogP contribution in [0.3, 0.4) is 0 Å². The Labute approximate surface area is 204 Å². The van der Waals surface area contributed by atoms with Crippen molar-refractivity contribution < 1.29 is 9.84 Å². The van der Waals surface area contributed by atoms with Crippen LogP contribution in [0.2, 0.25) is 0 Å². The second kappa shape index (κ2) is 11.5. The second-order valence-electron chi connectivity index (χ2n) is 9.46. The molecule has 4 nitrogen and oxygen atoms in total. The highest BCUT2D eigenvalue weighted by Crippen LogP contribution is 2.37. The number of aliphatic hydroxyl groups excluding tert-OH is 1. The van der Waals surface area contributed by atoms with E-state index in [-0.39, 0.29) is 5.92 Å². The molecule has 4 rings (SSSR count). The van der Waals surface area contributed by atoms with Gasteiger partial charge in [-0.3, -0.25) is 0 Å². The fourth-order valence-corrected chi connectivity index (χ4v) is 5.20. The number of hydrogen-bond donors (Lipinski definition) is 2. The lowest BCUT2D eigenvalue weighted by Crippen LogP contribution is -2.24. The van der Waals surface area contributed by atoms with Crippen molar-refractivity contribution in [3.05, 3.63) is 89.5 Å². The van der Waals surface area contributed by atoms with E-state index in [2.05, 4.69) is 90.9 Å². The number of hydrogen-bond acceptors (Lipinski definition) is 4. The largest absolute Gasteiger partial charge is 0.495 e. The normalized spacial score (nSPS) is 17.4. The summed E-state index contributed by atoms with van der Waals surface area (Å²) in [6.07, 6.45) is 3.66. The van der Waals surface area contributed by atoms with Gasteiger partial charge in [0.1, 0.15) is 5.75 Å². The molecule has 3 atom stereocenters. The molecule has 1 fully saturated rings. The number of rotatable bonds is 10. The minimum atomic E-state index is -0.435. The second-order valence-corrected chi connectivity index (χ2v) is 9.46. The minimum absolute atomic E-state index is 0.0662. The van der Waals surface area contributed by atoms with Gasteiger partial charge in [0.2, 0.25) is 0 Å². The lowest BCUT2D eigenvalue weighted by molar-refractivity contribution is 0.129. The van der Waals surface area contributed by atoms with Gasteiger partial charge in [-0.2, -0.15) is 0 Å². The first-order chi connectivity index (χ1) is 16.6. The number of nitrogens with one attached hydrogen (secondary N) is 1. The van der Waals surface area contributed by atoms with E-state index in [1.54, 1.807) is 7.11 Å². The number of anilines is 2. The molecule has 0 spiro atoms. The molecule has 1 aliphatic rings. The van der Waals surface area contributed by atoms with Crippen molar-refractivity contribution in [2.24, 2.45) is 5.92 Å². The van der Waals surface area contributed by atoms with E-state index in [0.717, 1.165) is 67.0 Å². The van der Waals surface area contributed by atoms with E-state index in [1.807, 2.05) is 6.07 Å². The zero-order valence-electron chi connectivity index (χ0n) is 20.7. The zero-order valence-corrected chi connectivity index (χ0v) is 20.7. The van der Waals surface area contributed by atoms with E-state index in [1.165, 1.54) is 5.56 Å². The number of methoxy groups -OCH3 is 1. The number of aliphatic hydroxyl groups is 1. The van der Waals surface area contributed by atoms with Crippen LogP contribution in [0.1, 0.15) is 48.8 Å². The molecule has 0 aliphatic carbocycles. The average molecular weight is 459 g/mol. The van der Waals surface area contributed by atoms with Crippen molar-refractivity contribution >= 4 is 11.4 Å². The Hall–Kier alpha value is -2.82. The van der Waals surface area contributed by atoms with Crippen LogP contribution in [-0.2, 0) is 6.42 Å². The summed E-state index contributed by atoms with van der Waals surface area (Å²) in [5.74, 6) is 1.32. The highest BCUT2D eigenvalue weighted by Gasteiger charge is 2.28. The predicted molar refractivity (Wildman–Crippen MR) is 141 cm³/mol. The first kappa shape index (κ1) is 24.3. The average Bonchev–Trinajstić information content (AvgIpc) is 3.38. The van der Waals surface area contributed by atoms with Crippen LogP contribution in [0.5, 0.6) is 5.75 Å². The number of nitrogens with zero attached hydrogens (tertiary/aromatic N) is 1. The van der Waals surface area contributed by atoms with Crippen molar-refractivity contribution in [3.8, 4) is 5.75 Å². The monoisotopic (exact) mass is 458 g/mol. The van der Waals surface area contributed by atoms with Crippen molar-refractivity contribution in [1.29, 1.82) is 0 Å². The summed E-state index contributed by atoms with van der Waals surface area (Å²) in [6.45, 7) is 4.25. The summed E-state index contributed by atoms with van der Waals surface area (Å²) < 4.78 is 5.69. The fourth-order valence-electron chi connectivity index (χ4n) is 5.20. The zero-order chi connectivity index (χ0) is 23.9. The molecule has 0 amide bonds. The molecule has 0 saturated carbocycles. The summed E-state index contributed by atoms with van der Waals surface area (Å²) in [5.41, 5.74) is 5.74. The Morgan fingerprint density at radius 3 is 2.53 bits per heavy atom. The smallest absolute Gasteiger partial charge is 0.142 e. The molecular weight excluding hydrogens is 420 g/mol. The summed E-state index contributed by atoms with van der Waals surface area (Å²) in [6, 6.07) is 25.5. The lowest BCUT2D eigenvalue weighted by atomic mass is 9.82. The molecule has 0 radical (unpaired) electrons. The van der Waals surface area contributed by atoms with Crippen LogP contribution in [0, 0.1) is 5.92 Å². The highest BCUT2D eigenvalue weighted by atomic mass is 16.5. The van der Waals surface area contributed by atoms with E-state index in [4.69, 9.17) is 4.74 Å². The van der Waals surface area contributed by atoms with Gasteiger partial charge < -0.3 is 20.1 Å². The number of benzene rings is 3. The van der Waals surface area contributed by atoms with E-state index < -0.39 is 6.10 Å². The van der Waals surface area contributed by atoms with Gasteiger partial charge in [0, 0.05) is 18.7 Å². The molecule has 1 heterocycles. The van der Waals surface area contributed by atoms with Gasteiger partial charge in [-0.05, 0) is 79.2 Å². The van der Waals surface area contributed by atoms with Gasteiger partial charge in [-0.1, -0.05) is 61.9 Å². The standard InChI is InChI=1S/C30H38N2O2/c1-4-9-22-14-15-29(34-3)27(18-22)32(2)26-13-8-12-25(20-26)30(24-10-6-5-7-11-24)28(33)19-23-16-17-31-21-23/h5-8,10-15,18,20,23,28,30-31,33H,4,9,16-17,19,21H2,1-3H3. The summed E-state index contributed by atoms with van der Waals surface area (Å²) in [7, 11) is 3.81. The van der Waals surface area contributed by atoms with Crippen molar-refractivity contribution in [2.45, 2.75) is 44.6 Å². The van der Waals surface area contributed by atoms with Crippen LogP contribution in [0.15, 0.2) is 72.8 Å². The molecule has 2 N–H and O–H groups in total. The van der Waals surface area contributed by atoms with Gasteiger partial charge in [-0.25, -0.2) is 0 Å². The molecule has 4 heteroatoms. The van der Waals surface area contributed by atoms with Gasteiger partial charge >= 0.3 is 0 Å². The summed E-state index contributed by atoms with van der Waals surface area (Å²) >= 11 is 0. The van der Waals surface area contributed by atoms with Crippen LogP contribution in [0.4, 0.5) is 11.4 Å². The maximum Gasteiger partial charge on any atom is 0.142 e. The van der Waals surface area contributed by atoms with Crippen LogP contribution in [-0.4, -0.2) is 38.5 Å². The first-order valence-electron chi connectivity index (χ1n) is 12.5.